The summed E-state index contributed by atoms with van der Waals surface area (Å²) in [5, 5.41) is 16.1. The molecule has 176 valence electrons. The first-order valence-electron chi connectivity index (χ1n) is 12.0. The van der Waals surface area contributed by atoms with Gasteiger partial charge in [-0.05, 0) is 71.1 Å². The first-order valence-corrected chi connectivity index (χ1v) is 12.9. The predicted molar refractivity (Wildman–Crippen MR) is 144 cm³/mol. The number of nitrogens with one attached hydrogen (secondary N) is 3. The van der Waals surface area contributed by atoms with Crippen molar-refractivity contribution in [2.75, 3.05) is 5.32 Å². The fourth-order valence-electron chi connectivity index (χ4n) is 4.76. The Bertz CT molecular complexity index is 1730. The second-order valence-electron chi connectivity index (χ2n) is 9.21. The molecule has 0 saturated heterocycles. The van der Waals surface area contributed by atoms with Gasteiger partial charge in [0.05, 0.1) is 28.8 Å². The van der Waals surface area contributed by atoms with E-state index in [-0.39, 0.29) is 11.8 Å². The van der Waals surface area contributed by atoms with Gasteiger partial charge < -0.3 is 10.3 Å². The van der Waals surface area contributed by atoms with Crippen LogP contribution in [0.3, 0.4) is 0 Å². The molecule has 0 aliphatic heterocycles. The molecule has 0 radical (unpaired) electrons. The maximum absolute atomic E-state index is 12.4. The van der Waals surface area contributed by atoms with Gasteiger partial charge in [-0.1, -0.05) is 18.6 Å². The van der Waals surface area contributed by atoms with Crippen molar-refractivity contribution >= 4 is 44.9 Å². The Morgan fingerprint density at radius 1 is 1.03 bits per heavy atom. The van der Waals surface area contributed by atoms with Crippen molar-refractivity contribution in [3.8, 4) is 33.8 Å². The minimum Gasteiger partial charge on any atom is -0.353 e. The Kier molecular flexibility index (Phi) is 4.92. The molecule has 3 N–H and O–H groups in total. The molecule has 5 heterocycles. The molecule has 36 heavy (non-hydrogen) atoms. The van der Waals surface area contributed by atoms with Crippen LogP contribution in [0.25, 0.3) is 55.7 Å². The molecule has 1 aliphatic rings. The molecule has 0 atom stereocenters. The van der Waals surface area contributed by atoms with Crippen molar-refractivity contribution in [2.24, 2.45) is 5.92 Å². The summed E-state index contributed by atoms with van der Waals surface area (Å²) in [6.45, 7) is 0. The number of fused-ring (bicyclic) bond motifs is 2. The van der Waals surface area contributed by atoms with E-state index in [0.717, 1.165) is 63.8 Å². The lowest BCUT2D eigenvalue weighted by Crippen LogP contribution is -2.28. The molecule has 0 unspecified atom stereocenters. The van der Waals surface area contributed by atoms with Crippen LogP contribution in [-0.4, -0.2) is 31.1 Å². The summed E-state index contributed by atoms with van der Waals surface area (Å²) in [7, 11) is 0. The molecule has 8 heteroatoms. The number of pyridine rings is 2. The van der Waals surface area contributed by atoms with E-state index >= 15 is 0 Å². The zero-order valence-electron chi connectivity index (χ0n) is 19.3. The number of carbonyl (C=O) groups excluding carboxylic acids is 1. The number of hydrogen-bond donors (Lipinski definition) is 3. The number of amides is 1. The lowest BCUT2D eigenvalue weighted by Gasteiger charge is -2.24. The number of hydrogen-bond acceptors (Lipinski definition) is 5. The number of nitrogens with zero attached hydrogens (tertiary/aromatic N) is 3. The molecular weight excluding hydrogens is 468 g/mol. The zero-order valence-corrected chi connectivity index (χ0v) is 20.1. The number of H-pyrrole nitrogens is 2. The second kappa shape index (κ2) is 8.42. The van der Waals surface area contributed by atoms with Crippen LogP contribution in [0.4, 0.5) is 5.69 Å². The zero-order chi connectivity index (χ0) is 24.1. The Morgan fingerprint density at radius 2 is 1.97 bits per heavy atom. The van der Waals surface area contributed by atoms with Gasteiger partial charge in [-0.3, -0.25) is 14.9 Å². The molecule has 0 bridgehead atoms. The molecule has 0 spiro atoms. The highest BCUT2D eigenvalue weighted by Crippen LogP contribution is 2.35. The largest absolute Gasteiger partial charge is 0.353 e. The van der Waals surface area contributed by atoms with Gasteiger partial charge in [0.25, 0.3) is 0 Å². The SMILES string of the molecule is O=C(Nc1cncc(-c2ccc3[nH]nc(-c4cc5c(-c6ccsc6)cccc5[nH]4)c3n2)c1)C1CCC1. The highest BCUT2D eigenvalue weighted by atomic mass is 32.1. The van der Waals surface area contributed by atoms with Crippen molar-refractivity contribution in [3.05, 3.63) is 71.7 Å². The molecule has 1 amide bonds. The monoisotopic (exact) mass is 490 g/mol. The fourth-order valence-corrected chi connectivity index (χ4v) is 5.42. The van der Waals surface area contributed by atoms with E-state index in [1.165, 1.54) is 11.1 Å². The second-order valence-corrected chi connectivity index (χ2v) is 9.99. The van der Waals surface area contributed by atoms with E-state index in [2.05, 4.69) is 66.6 Å². The molecular formula is C28H22N6OS. The quantitative estimate of drug-likeness (QED) is 0.252. The van der Waals surface area contributed by atoms with Crippen LogP contribution < -0.4 is 5.32 Å². The smallest absolute Gasteiger partial charge is 0.227 e. The number of rotatable bonds is 5. The topological polar surface area (TPSA) is 99.4 Å². The van der Waals surface area contributed by atoms with Crippen LogP contribution in [0.1, 0.15) is 19.3 Å². The van der Waals surface area contributed by atoms with Crippen LogP contribution in [0.5, 0.6) is 0 Å². The maximum atomic E-state index is 12.4. The van der Waals surface area contributed by atoms with Crippen LogP contribution >= 0.6 is 11.3 Å². The Morgan fingerprint density at radius 3 is 2.81 bits per heavy atom. The fraction of sp³-hybridized carbons (Fsp3) is 0.143. The van der Waals surface area contributed by atoms with E-state index in [0.29, 0.717) is 5.69 Å². The standard InChI is InChI=1S/C28H22N6OS/c35-28(16-3-1-4-16)30-19-11-18(13-29-14-19)22-7-8-24-26(32-22)27(34-33-24)25-12-21-20(17-9-10-36-15-17)5-2-6-23(21)31-25/h2,5-16,31H,1,3-4H2,(H,30,35)(H,33,34). The number of anilines is 1. The van der Waals surface area contributed by atoms with Gasteiger partial charge in [-0.15, -0.1) is 0 Å². The predicted octanol–water partition coefficient (Wildman–Crippen LogP) is 6.64. The molecule has 1 aliphatic carbocycles. The number of aromatic amines is 2. The molecule has 1 aromatic carbocycles. The minimum atomic E-state index is 0.0707. The van der Waals surface area contributed by atoms with Gasteiger partial charge in [0.1, 0.15) is 11.2 Å². The first kappa shape index (κ1) is 21.0. The van der Waals surface area contributed by atoms with E-state index in [9.17, 15) is 4.79 Å². The number of carbonyl (C=O) groups is 1. The number of benzene rings is 1. The van der Waals surface area contributed by atoms with Crippen LogP contribution in [-0.2, 0) is 4.79 Å². The van der Waals surface area contributed by atoms with Crippen LogP contribution in [0.15, 0.2) is 71.7 Å². The first-order chi connectivity index (χ1) is 17.7. The number of thiophene rings is 1. The summed E-state index contributed by atoms with van der Waals surface area (Å²) in [6, 6.07) is 16.4. The third kappa shape index (κ3) is 3.58. The summed E-state index contributed by atoms with van der Waals surface area (Å²) in [5.41, 5.74) is 9.06. The van der Waals surface area contributed by atoms with Crippen molar-refractivity contribution in [1.29, 1.82) is 0 Å². The van der Waals surface area contributed by atoms with Crippen LogP contribution in [0, 0.1) is 5.92 Å². The van der Waals surface area contributed by atoms with Crippen LogP contribution in [0.2, 0.25) is 0 Å². The van der Waals surface area contributed by atoms with Gasteiger partial charge >= 0.3 is 0 Å². The van der Waals surface area contributed by atoms with Gasteiger partial charge in [-0.2, -0.15) is 16.4 Å². The summed E-state index contributed by atoms with van der Waals surface area (Å²) >= 11 is 1.69. The van der Waals surface area contributed by atoms with Gasteiger partial charge in [0.15, 0.2) is 0 Å². The molecule has 6 aromatic rings. The molecule has 5 aromatic heterocycles. The summed E-state index contributed by atoms with van der Waals surface area (Å²) in [5.74, 6) is 0.189. The van der Waals surface area contributed by atoms with E-state index in [1.54, 1.807) is 23.7 Å². The highest BCUT2D eigenvalue weighted by molar-refractivity contribution is 7.08. The highest BCUT2D eigenvalue weighted by Gasteiger charge is 2.25. The minimum absolute atomic E-state index is 0.0707. The van der Waals surface area contributed by atoms with Crippen molar-refractivity contribution in [2.45, 2.75) is 19.3 Å². The van der Waals surface area contributed by atoms with E-state index in [4.69, 9.17) is 4.98 Å². The summed E-state index contributed by atoms with van der Waals surface area (Å²) in [6.07, 6.45) is 6.49. The lowest BCUT2D eigenvalue weighted by molar-refractivity contribution is -0.122. The Hall–Kier alpha value is -4.30. The third-order valence-corrected chi connectivity index (χ3v) is 7.62. The maximum Gasteiger partial charge on any atom is 0.227 e. The van der Waals surface area contributed by atoms with E-state index < -0.39 is 0 Å². The van der Waals surface area contributed by atoms with Crippen molar-refractivity contribution in [3.63, 3.8) is 0 Å². The summed E-state index contributed by atoms with van der Waals surface area (Å²) < 4.78 is 0. The average molecular weight is 491 g/mol. The molecule has 1 fully saturated rings. The molecule has 1 saturated carbocycles. The van der Waals surface area contributed by atoms with Gasteiger partial charge in [0, 0.05) is 28.6 Å². The molecule has 7 rings (SSSR count). The Labute approximate surface area is 210 Å². The molecule has 7 nitrogen and oxygen atoms in total. The van der Waals surface area contributed by atoms with E-state index in [1.807, 2.05) is 18.2 Å². The third-order valence-electron chi connectivity index (χ3n) is 6.94. The average Bonchev–Trinajstić information content (AvgIpc) is 3.61. The number of aromatic nitrogens is 5. The van der Waals surface area contributed by atoms with Gasteiger partial charge in [0.2, 0.25) is 5.91 Å². The lowest BCUT2D eigenvalue weighted by atomic mass is 9.85. The Balaban J connectivity index is 1.26. The van der Waals surface area contributed by atoms with Gasteiger partial charge in [-0.25, -0.2) is 4.98 Å². The summed E-state index contributed by atoms with van der Waals surface area (Å²) in [4.78, 5) is 25.2. The van der Waals surface area contributed by atoms with Crippen molar-refractivity contribution in [1.82, 2.24) is 25.1 Å². The normalized spacial score (nSPS) is 13.8. The van der Waals surface area contributed by atoms with Crippen molar-refractivity contribution < 1.29 is 4.79 Å².